The van der Waals surface area contributed by atoms with E-state index in [-0.39, 0.29) is 21.0 Å². The van der Waals surface area contributed by atoms with Crippen LogP contribution in [0.5, 0.6) is 0 Å². The second kappa shape index (κ2) is 5.26. The van der Waals surface area contributed by atoms with Crippen molar-refractivity contribution in [3.05, 3.63) is 59.8 Å². The molecular formula is C13H14IN. The molecule has 15 heavy (non-hydrogen) atoms. The van der Waals surface area contributed by atoms with Gasteiger partial charge in [0.2, 0.25) is 0 Å². The van der Waals surface area contributed by atoms with Crippen LogP contribution in [-0.4, -0.2) is 7.13 Å². The molecule has 0 saturated carbocycles. The molecule has 1 heterocycles. The molecule has 0 aromatic heterocycles. The van der Waals surface area contributed by atoms with Crippen molar-refractivity contribution in [1.82, 2.24) is 3.11 Å². The number of hydrogen-bond acceptors (Lipinski definition) is 1. The molecule has 0 bridgehead atoms. The maximum absolute atomic E-state index is 2.42. The fourth-order valence-electron chi connectivity index (χ4n) is 1.33. The van der Waals surface area contributed by atoms with Crippen LogP contribution in [0.3, 0.4) is 0 Å². The average Bonchev–Trinajstić information content (AvgIpc) is 2.46. The summed E-state index contributed by atoms with van der Waals surface area (Å²) in [7, 11) is 0. The van der Waals surface area contributed by atoms with Crippen molar-refractivity contribution in [1.29, 1.82) is 0 Å². The zero-order valence-corrected chi connectivity index (χ0v) is 10.9. The highest BCUT2D eigenvalue weighted by atomic mass is 127. The van der Waals surface area contributed by atoms with E-state index >= 15 is 0 Å². The summed E-state index contributed by atoms with van der Waals surface area (Å²) in [5.41, 5.74) is 2.72. The second-order valence-corrected chi connectivity index (χ2v) is 6.01. The SMILES string of the molecule is CC1=CC=IN(Cc2ccccc2)C=C1. The third-order valence-electron chi connectivity index (χ3n) is 2.18. The molecule has 1 aromatic carbocycles. The van der Waals surface area contributed by atoms with E-state index in [9.17, 15) is 0 Å². The van der Waals surface area contributed by atoms with Crippen LogP contribution in [-0.2, 0) is 6.54 Å². The van der Waals surface area contributed by atoms with Crippen LogP contribution in [0.15, 0.2) is 54.3 Å². The Hall–Kier alpha value is -0.900. The topological polar surface area (TPSA) is 3.24 Å². The van der Waals surface area contributed by atoms with Gasteiger partial charge in [-0.1, -0.05) is 36.4 Å². The highest BCUT2D eigenvalue weighted by Gasteiger charge is 1.98. The quantitative estimate of drug-likeness (QED) is 0.595. The predicted molar refractivity (Wildman–Crippen MR) is 75.0 cm³/mol. The van der Waals surface area contributed by atoms with E-state index in [2.05, 4.69) is 62.7 Å². The molecule has 2 heteroatoms. The van der Waals surface area contributed by atoms with Crippen LogP contribution < -0.4 is 0 Å². The van der Waals surface area contributed by atoms with Gasteiger partial charge in [0, 0.05) is 6.20 Å². The molecule has 1 aliphatic rings. The average molecular weight is 311 g/mol. The van der Waals surface area contributed by atoms with E-state index in [1.165, 1.54) is 11.1 Å². The zero-order chi connectivity index (χ0) is 10.5. The van der Waals surface area contributed by atoms with E-state index in [4.69, 9.17) is 0 Å². The molecule has 0 spiro atoms. The van der Waals surface area contributed by atoms with Crippen molar-refractivity contribution in [2.24, 2.45) is 0 Å². The van der Waals surface area contributed by atoms with Gasteiger partial charge in [0.25, 0.3) is 0 Å². The van der Waals surface area contributed by atoms with Crippen LogP contribution in [0, 0.1) is 0 Å². The number of benzene rings is 1. The van der Waals surface area contributed by atoms with Gasteiger partial charge in [0.15, 0.2) is 0 Å². The Bertz CT molecular complexity index is 404. The third-order valence-corrected chi connectivity index (χ3v) is 4.24. The van der Waals surface area contributed by atoms with Gasteiger partial charge in [-0.05, 0) is 49.2 Å². The fourth-order valence-corrected chi connectivity index (χ4v) is 3.41. The summed E-state index contributed by atoms with van der Waals surface area (Å²) in [5, 5.41) is 0. The first kappa shape index (κ1) is 10.6. The summed E-state index contributed by atoms with van der Waals surface area (Å²) in [5.74, 6) is 0. The van der Waals surface area contributed by atoms with Crippen molar-refractivity contribution < 1.29 is 0 Å². The number of allylic oxidation sites excluding steroid dienone is 3. The molecule has 0 fully saturated rings. The minimum atomic E-state index is 0.0134. The summed E-state index contributed by atoms with van der Waals surface area (Å²) in [6, 6.07) is 10.6. The van der Waals surface area contributed by atoms with Crippen molar-refractivity contribution in [2.45, 2.75) is 13.5 Å². The minimum Gasteiger partial charge on any atom is -0.322 e. The summed E-state index contributed by atoms with van der Waals surface area (Å²) >= 11 is 0.0134. The van der Waals surface area contributed by atoms with Crippen molar-refractivity contribution in [3.63, 3.8) is 0 Å². The van der Waals surface area contributed by atoms with E-state index in [0.717, 1.165) is 6.54 Å². The van der Waals surface area contributed by atoms with Gasteiger partial charge in [-0.2, -0.15) is 0 Å². The molecular weight excluding hydrogens is 297 g/mol. The molecule has 0 saturated heterocycles. The van der Waals surface area contributed by atoms with Crippen molar-refractivity contribution in [2.75, 3.05) is 0 Å². The smallest absolute Gasteiger partial charge is 0.0521 e. The van der Waals surface area contributed by atoms with Gasteiger partial charge in [0.05, 0.1) is 6.54 Å². The molecule has 0 aliphatic carbocycles. The lowest BCUT2D eigenvalue weighted by atomic mass is 10.2. The molecule has 2 rings (SSSR count). The molecule has 0 unspecified atom stereocenters. The molecule has 0 atom stereocenters. The molecule has 78 valence electrons. The molecule has 1 nitrogen and oxygen atoms in total. The summed E-state index contributed by atoms with van der Waals surface area (Å²) in [4.78, 5) is 0. The molecule has 1 aliphatic heterocycles. The minimum absolute atomic E-state index is 0.0134. The van der Waals surface area contributed by atoms with Gasteiger partial charge >= 0.3 is 0 Å². The molecule has 0 N–H and O–H groups in total. The zero-order valence-electron chi connectivity index (χ0n) is 8.73. The van der Waals surface area contributed by atoms with Gasteiger partial charge in [-0.25, -0.2) is 0 Å². The van der Waals surface area contributed by atoms with Crippen molar-refractivity contribution >= 4 is 25.0 Å². The Morgan fingerprint density at radius 1 is 1.20 bits per heavy atom. The highest BCUT2D eigenvalue weighted by Crippen LogP contribution is 2.17. The van der Waals surface area contributed by atoms with Crippen LogP contribution >= 0.6 is 21.0 Å². The number of nitrogens with zero attached hydrogens (tertiary/aromatic N) is 1. The Morgan fingerprint density at radius 2 is 2.00 bits per heavy atom. The molecule has 0 amide bonds. The summed E-state index contributed by atoms with van der Waals surface area (Å²) < 4.78 is 4.73. The standard InChI is InChI=1S/C13H14IN/c1-12-7-9-14-15(10-8-12)11-13-5-3-2-4-6-13/h2-10H,11H2,1H3. The van der Waals surface area contributed by atoms with E-state index in [0.29, 0.717) is 0 Å². The predicted octanol–water partition coefficient (Wildman–Crippen LogP) is 3.65. The van der Waals surface area contributed by atoms with Crippen LogP contribution in [0.4, 0.5) is 0 Å². The third kappa shape index (κ3) is 3.30. The van der Waals surface area contributed by atoms with Gasteiger partial charge in [-0.3, -0.25) is 0 Å². The van der Waals surface area contributed by atoms with E-state index in [1.807, 2.05) is 0 Å². The fraction of sp³-hybridized carbons (Fsp3) is 0.154. The van der Waals surface area contributed by atoms with Gasteiger partial charge in [0.1, 0.15) is 0 Å². The lowest BCUT2D eigenvalue weighted by Crippen LogP contribution is -2.03. The molecule has 1 aromatic rings. The number of hydrogen-bond donors (Lipinski definition) is 0. The van der Waals surface area contributed by atoms with E-state index in [1.54, 1.807) is 0 Å². The lowest BCUT2D eigenvalue weighted by molar-refractivity contribution is 0.664. The van der Waals surface area contributed by atoms with Crippen LogP contribution in [0.1, 0.15) is 12.5 Å². The summed E-state index contributed by atoms with van der Waals surface area (Å²) in [6.07, 6.45) is 6.62. The van der Waals surface area contributed by atoms with Gasteiger partial charge < -0.3 is 3.11 Å². The van der Waals surface area contributed by atoms with Gasteiger partial charge in [-0.15, -0.1) is 0 Å². The monoisotopic (exact) mass is 311 g/mol. The maximum Gasteiger partial charge on any atom is 0.0521 e. The Labute approximate surface area is 101 Å². The number of halogens is 1. The largest absolute Gasteiger partial charge is 0.322 e. The Balaban J connectivity index is 2.06. The first-order chi connectivity index (χ1) is 7.34. The molecule has 0 radical (unpaired) electrons. The van der Waals surface area contributed by atoms with Crippen LogP contribution in [0.2, 0.25) is 0 Å². The van der Waals surface area contributed by atoms with E-state index < -0.39 is 0 Å². The van der Waals surface area contributed by atoms with Crippen LogP contribution in [0.25, 0.3) is 0 Å². The first-order valence-corrected chi connectivity index (χ1v) is 7.18. The number of rotatable bonds is 2. The Kier molecular flexibility index (Phi) is 3.72. The second-order valence-electron chi connectivity index (χ2n) is 3.49. The lowest BCUT2D eigenvalue weighted by Gasteiger charge is -2.13. The first-order valence-electron chi connectivity index (χ1n) is 4.97. The normalized spacial score (nSPS) is 15.5. The summed E-state index contributed by atoms with van der Waals surface area (Å²) in [6.45, 7) is 3.17. The van der Waals surface area contributed by atoms with Crippen molar-refractivity contribution in [3.8, 4) is 0 Å². The maximum atomic E-state index is 2.42. The Morgan fingerprint density at radius 3 is 2.80 bits per heavy atom. The highest BCUT2D eigenvalue weighted by molar-refractivity contribution is 14.2.